The molecular formula is C24H35FN2O4. The van der Waals surface area contributed by atoms with Crippen molar-refractivity contribution in [1.29, 1.82) is 0 Å². The number of carbonyl (C=O) groups excluding carboxylic acids is 1. The Morgan fingerprint density at radius 1 is 1.16 bits per heavy atom. The highest BCUT2D eigenvalue weighted by molar-refractivity contribution is 5.73. The number of rotatable bonds is 4. The zero-order valence-electron chi connectivity index (χ0n) is 19.1. The van der Waals surface area contributed by atoms with Gasteiger partial charge >= 0.3 is 12.1 Å². The first-order valence-electron chi connectivity index (χ1n) is 11.3. The standard InChI is InChI=1S/C24H35FN2O4/c1-5-31-22(28)16-8-11-26(12-9-16)18-6-7-19(20(25)15-18)17-10-13-27(23(29)30)21(14-17)24(2,3)4/h6-7,15-17,21H,5,8-14H2,1-4H3,(H,29,30). The number of hydrogen-bond acceptors (Lipinski definition) is 4. The number of carboxylic acid groups (broad SMARTS) is 1. The van der Waals surface area contributed by atoms with E-state index in [2.05, 4.69) is 4.90 Å². The number of nitrogens with zero attached hydrogens (tertiary/aromatic N) is 2. The lowest BCUT2D eigenvalue weighted by atomic mass is 9.75. The van der Waals surface area contributed by atoms with Crippen molar-refractivity contribution >= 4 is 17.7 Å². The number of carbonyl (C=O) groups is 2. The van der Waals surface area contributed by atoms with E-state index in [9.17, 15) is 14.7 Å². The van der Waals surface area contributed by atoms with Crippen LogP contribution in [-0.4, -0.2) is 54.4 Å². The molecule has 0 spiro atoms. The molecule has 1 aromatic rings. The van der Waals surface area contributed by atoms with E-state index in [0.717, 1.165) is 5.69 Å². The molecule has 3 rings (SSSR count). The van der Waals surface area contributed by atoms with Crippen LogP contribution in [0.4, 0.5) is 14.9 Å². The summed E-state index contributed by atoms with van der Waals surface area (Å²) in [6, 6.07) is 5.27. The Hall–Kier alpha value is -2.31. The molecule has 31 heavy (non-hydrogen) atoms. The van der Waals surface area contributed by atoms with Crippen molar-refractivity contribution in [3.05, 3.63) is 29.6 Å². The molecule has 1 N–H and O–H groups in total. The first-order valence-corrected chi connectivity index (χ1v) is 11.3. The maximum Gasteiger partial charge on any atom is 0.407 e. The van der Waals surface area contributed by atoms with Crippen molar-refractivity contribution < 1.29 is 23.8 Å². The van der Waals surface area contributed by atoms with Gasteiger partial charge in [0.15, 0.2) is 0 Å². The molecule has 6 nitrogen and oxygen atoms in total. The van der Waals surface area contributed by atoms with Crippen LogP contribution in [0.15, 0.2) is 18.2 Å². The second-order valence-corrected chi connectivity index (χ2v) is 9.80. The zero-order chi connectivity index (χ0) is 22.8. The lowest BCUT2D eigenvalue weighted by Gasteiger charge is -2.44. The fourth-order valence-corrected chi connectivity index (χ4v) is 4.98. The number of ether oxygens (including phenoxy) is 1. The smallest absolute Gasteiger partial charge is 0.407 e. The normalized spacial score (nSPS) is 23.0. The second kappa shape index (κ2) is 9.45. The largest absolute Gasteiger partial charge is 0.466 e. The van der Waals surface area contributed by atoms with Gasteiger partial charge in [0.2, 0.25) is 0 Å². The summed E-state index contributed by atoms with van der Waals surface area (Å²) in [5.41, 5.74) is 1.29. The summed E-state index contributed by atoms with van der Waals surface area (Å²) in [6.07, 6.45) is 1.77. The highest BCUT2D eigenvalue weighted by Crippen LogP contribution is 2.40. The molecule has 2 unspecified atom stereocenters. The molecule has 2 heterocycles. The van der Waals surface area contributed by atoms with Crippen LogP contribution < -0.4 is 4.90 Å². The Morgan fingerprint density at radius 2 is 1.84 bits per heavy atom. The van der Waals surface area contributed by atoms with Gasteiger partial charge in [-0.15, -0.1) is 0 Å². The van der Waals surface area contributed by atoms with Crippen LogP contribution in [0.2, 0.25) is 0 Å². The van der Waals surface area contributed by atoms with Crippen LogP contribution >= 0.6 is 0 Å². The van der Waals surface area contributed by atoms with E-state index in [1.807, 2.05) is 39.8 Å². The van der Waals surface area contributed by atoms with Crippen LogP contribution in [0.5, 0.6) is 0 Å². The van der Waals surface area contributed by atoms with Crippen LogP contribution in [0.1, 0.15) is 64.9 Å². The van der Waals surface area contributed by atoms with Gasteiger partial charge < -0.3 is 19.6 Å². The number of halogens is 1. The first kappa shape index (κ1) is 23.4. The summed E-state index contributed by atoms with van der Waals surface area (Å²) in [6.45, 7) is 10.1. The topological polar surface area (TPSA) is 70.1 Å². The van der Waals surface area contributed by atoms with Gasteiger partial charge in [0.25, 0.3) is 0 Å². The van der Waals surface area contributed by atoms with Crippen molar-refractivity contribution in [3.63, 3.8) is 0 Å². The third-order valence-electron chi connectivity index (χ3n) is 6.75. The molecular weight excluding hydrogens is 399 g/mol. The maximum absolute atomic E-state index is 15.1. The lowest BCUT2D eigenvalue weighted by molar-refractivity contribution is -0.148. The van der Waals surface area contributed by atoms with Crippen molar-refractivity contribution in [1.82, 2.24) is 4.90 Å². The van der Waals surface area contributed by atoms with Gasteiger partial charge in [0.1, 0.15) is 5.82 Å². The minimum atomic E-state index is -0.902. The monoisotopic (exact) mass is 434 g/mol. The molecule has 1 amide bonds. The summed E-state index contributed by atoms with van der Waals surface area (Å²) in [5, 5.41) is 9.56. The minimum absolute atomic E-state index is 0.00317. The van der Waals surface area contributed by atoms with Crippen LogP contribution in [0, 0.1) is 17.2 Å². The molecule has 2 aliphatic rings. The highest BCUT2D eigenvalue weighted by Gasteiger charge is 2.39. The fraction of sp³-hybridized carbons (Fsp3) is 0.667. The average Bonchev–Trinajstić information content (AvgIpc) is 2.73. The van der Waals surface area contributed by atoms with Crippen molar-refractivity contribution in [2.75, 3.05) is 31.1 Å². The number of benzene rings is 1. The molecule has 2 aliphatic heterocycles. The predicted octanol–water partition coefficient (Wildman–Crippen LogP) is 4.88. The number of esters is 1. The fourth-order valence-electron chi connectivity index (χ4n) is 4.98. The number of anilines is 1. The number of hydrogen-bond donors (Lipinski definition) is 1. The van der Waals surface area contributed by atoms with Gasteiger partial charge in [0, 0.05) is 31.4 Å². The molecule has 0 saturated carbocycles. The number of likely N-dealkylation sites (tertiary alicyclic amines) is 1. The lowest BCUT2D eigenvalue weighted by Crippen LogP contribution is -2.51. The summed E-state index contributed by atoms with van der Waals surface area (Å²) in [5.74, 6) is -0.436. The second-order valence-electron chi connectivity index (χ2n) is 9.80. The van der Waals surface area contributed by atoms with Crippen LogP contribution in [0.3, 0.4) is 0 Å². The molecule has 7 heteroatoms. The van der Waals surface area contributed by atoms with E-state index < -0.39 is 6.09 Å². The van der Waals surface area contributed by atoms with Crippen molar-refractivity contribution in [2.45, 2.75) is 65.3 Å². The third kappa shape index (κ3) is 5.31. The minimum Gasteiger partial charge on any atom is -0.466 e. The van der Waals surface area contributed by atoms with E-state index in [-0.39, 0.29) is 35.1 Å². The molecule has 1 aromatic carbocycles. The first-order chi connectivity index (χ1) is 14.6. The Morgan fingerprint density at radius 3 is 2.39 bits per heavy atom. The average molecular weight is 435 g/mol. The molecule has 2 atom stereocenters. The van der Waals surface area contributed by atoms with E-state index in [0.29, 0.717) is 57.5 Å². The molecule has 172 valence electrons. The zero-order valence-corrected chi connectivity index (χ0v) is 19.1. The van der Waals surface area contributed by atoms with Gasteiger partial charge in [-0.3, -0.25) is 4.79 Å². The molecule has 0 radical (unpaired) electrons. The van der Waals surface area contributed by atoms with E-state index in [1.165, 1.54) is 4.90 Å². The van der Waals surface area contributed by atoms with E-state index >= 15 is 4.39 Å². The SMILES string of the molecule is CCOC(=O)C1CCN(c2ccc(C3CCN(C(=O)O)C(C(C)(C)C)C3)c(F)c2)CC1. The predicted molar refractivity (Wildman–Crippen MR) is 118 cm³/mol. The molecule has 0 aromatic heterocycles. The number of amides is 1. The van der Waals surface area contributed by atoms with Gasteiger partial charge in [-0.2, -0.15) is 0 Å². The molecule has 2 saturated heterocycles. The Balaban J connectivity index is 1.69. The quantitative estimate of drug-likeness (QED) is 0.684. The summed E-state index contributed by atoms with van der Waals surface area (Å²) in [7, 11) is 0. The third-order valence-corrected chi connectivity index (χ3v) is 6.75. The molecule has 0 bridgehead atoms. The van der Waals surface area contributed by atoms with E-state index in [1.54, 1.807) is 6.07 Å². The van der Waals surface area contributed by atoms with Crippen molar-refractivity contribution in [2.24, 2.45) is 11.3 Å². The maximum atomic E-state index is 15.1. The van der Waals surface area contributed by atoms with Gasteiger partial charge in [-0.1, -0.05) is 26.8 Å². The summed E-state index contributed by atoms with van der Waals surface area (Å²) < 4.78 is 20.3. The van der Waals surface area contributed by atoms with Crippen LogP contribution in [-0.2, 0) is 9.53 Å². The molecule has 0 aliphatic carbocycles. The Bertz CT molecular complexity index is 799. The van der Waals surface area contributed by atoms with Crippen molar-refractivity contribution in [3.8, 4) is 0 Å². The highest BCUT2D eigenvalue weighted by atomic mass is 19.1. The summed E-state index contributed by atoms with van der Waals surface area (Å²) >= 11 is 0. The van der Waals surface area contributed by atoms with Gasteiger partial charge in [-0.05, 0) is 61.6 Å². The molecule has 2 fully saturated rings. The van der Waals surface area contributed by atoms with Crippen LogP contribution in [0.25, 0.3) is 0 Å². The Kier molecular flexibility index (Phi) is 7.12. The Labute approximate surface area is 184 Å². The number of piperidine rings is 2. The van der Waals surface area contributed by atoms with E-state index in [4.69, 9.17) is 4.74 Å². The van der Waals surface area contributed by atoms with Gasteiger partial charge in [0.05, 0.1) is 12.5 Å². The summed E-state index contributed by atoms with van der Waals surface area (Å²) in [4.78, 5) is 27.2. The van der Waals surface area contributed by atoms with Gasteiger partial charge in [-0.25, -0.2) is 9.18 Å².